The number of fused-ring (bicyclic) bond motifs is 1. The summed E-state index contributed by atoms with van der Waals surface area (Å²) in [5.41, 5.74) is 3.42. The van der Waals surface area contributed by atoms with Crippen molar-refractivity contribution >= 4 is 44.9 Å². The minimum Gasteiger partial charge on any atom is -0.479 e. The average molecular weight is 432 g/mol. The maximum Gasteiger partial charge on any atom is 0.255 e. The maximum atomic E-state index is 12.5. The Morgan fingerprint density at radius 1 is 1.07 bits per heavy atom. The molecule has 1 amide bonds. The number of hydrogen-bond donors (Lipinski definition) is 1. The SMILES string of the molecule is N#CCOc1ccc(NC(=O)c2ccc(CSc3nc4ccccc4s3)cc2)cc1. The van der Waals surface area contributed by atoms with Gasteiger partial charge in [0.1, 0.15) is 11.8 Å². The fourth-order valence-corrected chi connectivity index (χ4v) is 4.79. The number of nitrogens with one attached hydrogen (secondary N) is 1. The van der Waals surface area contributed by atoms with E-state index in [-0.39, 0.29) is 12.5 Å². The van der Waals surface area contributed by atoms with Crippen molar-refractivity contribution in [3.63, 3.8) is 0 Å². The highest BCUT2D eigenvalue weighted by molar-refractivity contribution is 8.00. The number of anilines is 1. The Kier molecular flexibility index (Phi) is 6.28. The number of para-hydroxylation sites is 1. The van der Waals surface area contributed by atoms with Gasteiger partial charge in [-0.25, -0.2) is 4.98 Å². The van der Waals surface area contributed by atoms with Crippen LogP contribution >= 0.6 is 23.1 Å². The van der Waals surface area contributed by atoms with Gasteiger partial charge < -0.3 is 10.1 Å². The molecule has 4 rings (SSSR count). The van der Waals surface area contributed by atoms with E-state index in [1.165, 1.54) is 4.70 Å². The Balaban J connectivity index is 1.33. The van der Waals surface area contributed by atoms with E-state index in [2.05, 4.69) is 16.4 Å². The van der Waals surface area contributed by atoms with Crippen LogP contribution < -0.4 is 10.1 Å². The molecule has 148 valence electrons. The smallest absolute Gasteiger partial charge is 0.255 e. The third-order valence-electron chi connectivity index (χ3n) is 4.27. The third-order valence-corrected chi connectivity index (χ3v) is 6.52. The molecule has 7 heteroatoms. The van der Waals surface area contributed by atoms with Gasteiger partial charge in [0, 0.05) is 17.0 Å². The summed E-state index contributed by atoms with van der Waals surface area (Å²) in [6, 6.07) is 24.6. The molecule has 0 aliphatic heterocycles. The van der Waals surface area contributed by atoms with Crippen molar-refractivity contribution in [2.24, 2.45) is 0 Å². The Morgan fingerprint density at radius 3 is 2.57 bits per heavy atom. The first-order valence-electron chi connectivity index (χ1n) is 9.20. The predicted molar refractivity (Wildman–Crippen MR) is 121 cm³/mol. The molecule has 3 aromatic carbocycles. The number of ether oxygens (including phenoxy) is 1. The highest BCUT2D eigenvalue weighted by Gasteiger charge is 2.08. The van der Waals surface area contributed by atoms with E-state index in [0.29, 0.717) is 17.0 Å². The van der Waals surface area contributed by atoms with E-state index in [1.54, 1.807) is 47.4 Å². The first kappa shape index (κ1) is 20.0. The maximum absolute atomic E-state index is 12.5. The van der Waals surface area contributed by atoms with E-state index >= 15 is 0 Å². The van der Waals surface area contributed by atoms with Gasteiger partial charge in [-0.1, -0.05) is 36.0 Å². The van der Waals surface area contributed by atoms with Crippen molar-refractivity contribution in [2.75, 3.05) is 11.9 Å². The van der Waals surface area contributed by atoms with Gasteiger partial charge in [-0.15, -0.1) is 11.3 Å². The fraction of sp³-hybridized carbons (Fsp3) is 0.0870. The number of benzene rings is 3. The van der Waals surface area contributed by atoms with Crippen LogP contribution in [0.2, 0.25) is 0 Å². The van der Waals surface area contributed by atoms with Crippen LogP contribution in [0, 0.1) is 11.3 Å². The molecule has 0 atom stereocenters. The van der Waals surface area contributed by atoms with Crippen molar-refractivity contribution in [3.05, 3.63) is 83.9 Å². The zero-order valence-electron chi connectivity index (χ0n) is 15.9. The molecule has 0 aliphatic carbocycles. The molecule has 0 fully saturated rings. The number of rotatable bonds is 7. The topological polar surface area (TPSA) is 75.0 Å². The number of thioether (sulfide) groups is 1. The highest BCUT2D eigenvalue weighted by Crippen LogP contribution is 2.31. The van der Waals surface area contributed by atoms with Gasteiger partial charge in [0.25, 0.3) is 5.91 Å². The summed E-state index contributed by atoms with van der Waals surface area (Å²) in [5, 5.41) is 11.4. The van der Waals surface area contributed by atoms with Crippen molar-refractivity contribution in [2.45, 2.75) is 10.1 Å². The lowest BCUT2D eigenvalue weighted by molar-refractivity contribution is 0.102. The quantitative estimate of drug-likeness (QED) is 0.378. The van der Waals surface area contributed by atoms with E-state index in [9.17, 15) is 4.79 Å². The third kappa shape index (κ3) is 4.98. The predicted octanol–water partition coefficient (Wildman–Crippen LogP) is 5.74. The summed E-state index contributed by atoms with van der Waals surface area (Å²) in [7, 11) is 0. The number of carbonyl (C=O) groups is 1. The van der Waals surface area contributed by atoms with Crippen LogP contribution in [0.4, 0.5) is 5.69 Å². The van der Waals surface area contributed by atoms with Crippen molar-refractivity contribution in [1.29, 1.82) is 5.26 Å². The monoisotopic (exact) mass is 431 g/mol. The molecule has 0 radical (unpaired) electrons. The van der Waals surface area contributed by atoms with Gasteiger partial charge >= 0.3 is 0 Å². The Hall–Kier alpha value is -3.34. The molecule has 4 aromatic rings. The normalized spacial score (nSPS) is 10.5. The molecule has 0 saturated carbocycles. The van der Waals surface area contributed by atoms with Gasteiger partial charge in [0.2, 0.25) is 0 Å². The molecule has 5 nitrogen and oxygen atoms in total. The van der Waals surface area contributed by atoms with E-state index < -0.39 is 0 Å². The Bertz CT molecular complexity index is 1160. The summed E-state index contributed by atoms with van der Waals surface area (Å²) in [6.07, 6.45) is 0. The molecule has 30 heavy (non-hydrogen) atoms. The number of amides is 1. The van der Waals surface area contributed by atoms with E-state index in [4.69, 9.17) is 10.00 Å². The molecule has 1 aromatic heterocycles. The van der Waals surface area contributed by atoms with Crippen LogP contribution in [0.5, 0.6) is 5.75 Å². The molecule has 0 bridgehead atoms. The summed E-state index contributed by atoms with van der Waals surface area (Å²) in [6.45, 7) is -0.00465. The van der Waals surface area contributed by atoms with Crippen LogP contribution in [0.15, 0.2) is 77.1 Å². The van der Waals surface area contributed by atoms with Gasteiger partial charge in [-0.3, -0.25) is 4.79 Å². The molecule has 0 aliphatic rings. The number of carbonyl (C=O) groups excluding carboxylic acids is 1. The molecular formula is C23H17N3O2S2. The van der Waals surface area contributed by atoms with Gasteiger partial charge in [-0.2, -0.15) is 5.26 Å². The second-order valence-electron chi connectivity index (χ2n) is 6.36. The largest absolute Gasteiger partial charge is 0.479 e. The van der Waals surface area contributed by atoms with E-state index in [0.717, 1.165) is 21.2 Å². The van der Waals surface area contributed by atoms with Crippen LogP contribution in [0.1, 0.15) is 15.9 Å². The minimum atomic E-state index is -0.175. The number of thiazole rings is 1. The molecule has 1 heterocycles. The minimum absolute atomic E-state index is 0.00465. The van der Waals surface area contributed by atoms with Gasteiger partial charge in [0.15, 0.2) is 10.9 Å². The summed E-state index contributed by atoms with van der Waals surface area (Å²) in [5.74, 6) is 1.21. The van der Waals surface area contributed by atoms with Crippen molar-refractivity contribution in [3.8, 4) is 11.8 Å². The number of nitriles is 1. The van der Waals surface area contributed by atoms with Gasteiger partial charge in [0.05, 0.1) is 10.2 Å². The lowest BCUT2D eigenvalue weighted by atomic mass is 10.1. The Morgan fingerprint density at radius 2 is 1.83 bits per heavy atom. The molecule has 0 spiro atoms. The standard InChI is InChI=1S/C23H17N3O2S2/c24-13-14-28-19-11-9-18(10-12-19)25-22(27)17-7-5-16(6-8-17)15-29-23-26-20-3-1-2-4-21(20)30-23/h1-12H,14-15H2,(H,25,27). The van der Waals surface area contributed by atoms with Crippen LogP contribution in [0.25, 0.3) is 10.2 Å². The summed E-state index contributed by atoms with van der Waals surface area (Å²) < 4.78 is 7.44. The zero-order chi connectivity index (χ0) is 20.8. The van der Waals surface area contributed by atoms with Crippen LogP contribution in [-0.4, -0.2) is 17.5 Å². The Labute approximate surface area is 182 Å². The second kappa shape index (κ2) is 9.44. The lowest BCUT2D eigenvalue weighted by Crippen LogP contribution is -2.11. The zero-order valence-corrected chi connectivity index (χ0v) is 17.5. The molecule has 0 saturated heterocycles. The fourth-order valence-electron chi connectivity index (χ4n) is 2.76. The van der Waals surface area contributed by atoms with E-state index in [1.807, 2.05) is 48.5 Å². The molecule has 0 unspecified atom stereocenters. The molecular weight excluding hydrogens is 414 g/mol. The van der Waals surface area contributed by atoms with Crippen LogP contribution in [0.3, 0.4) is 0 Å². The highest BCUT2D eigenvalue weighted by atomic mass is 32.2. The van der Waals surface area contributed by atoms with Crippen molar-refractivity contribution in [1.82, 2.24) is 4.98 Å². The van der Waals surface area contributed by atoms with Crippen molar-refractivity contribution < 1.29 is 9.53 Å². The van der Waals surface area contributed by atoms with Crippen LogP contribution in [-0.2, 0) is 5.75 Å². The number of nitrogens with zero attached hydrogens (tertiary/aromatic N) is 2. The average Bonchev–Trinajstić information content (AvgIpc) is 3.20. The number of aromatic nitrogens is 1. The lowest BCUT2D eigenvalue weighted by Gasteiger charge is -2.07. The van der Waals surface area contributed by atoms with Gasteiger partial charge in [-0.05, 0) is 54.1 Å². The summed E-state index contributed by atoms with van der Waals surface area (Å²) >= 11 is 3.39. The number of hydrogen-bond acceptors (Lipinski definition) is 6. The second-order valence-corrected chi connectivity index (χ2v) is 8.61. The first-order valence-corrected chi connectivity index (χ1v) is 11.0. The molecule has 1 N–H and O–H groups in total. The first-order chi connectivity index (χ1) is 14.7. The summed E-state index contributed by atoms with van der Waals surface area (Å²) in [4.78, 5) is 17.1.